The first kappa shape index (κ1) is 21.4. The molecule has 33 heavy (non-hydrogen) atoms. The van der Waals surface area contributed by atoms with Crippen molar-refractivity contribution in [3.63, 3.8) is 0 Å². The van der Waals surface area contributed by atoms with Gasteiger partial charge in [-0.15, -0.1) is 0 Å². The number of nitrogens with one attached hydrogen (secondary N) is 1. The van der Waals surface area contributed by atoms with Gasteiger partial charge in [-0.2, -0.15) is 0 Å². The van der Waals surface area contributed by atoms with Crippen molar-refractivity contribution in [3.05, 3.63) is 64.7 Å². The van der Waals surface area contributed by atoms with E-state index in [1.165, 1.54) is 69.5 Å². The summed E-state index contributed by atoms with van der Waals surface area (Å²) in [7, 11) is 0. The van der Waals surface area contributed by atoms with E-state index in [2.05, 4.69) is 57.6 Å². The van der Waals surface area contributed by atoms with Crippen LogP contribution in [-0.4, -0.2) is 48.4 Å². The van der Waals surface area contributed by atoms with Crippen LogP contribution in [0.4, 0.5) is 5.69 Å². The van der Waals surface area contributed by atoms with E-state index in [0.717, 1.165) is 37.8 Å². The monoisotopic (exact) mass is 443 g/mol. The Labute approximate surface area is 198 Å². The number of carbonyl (C=O) groups excluding carboxylic acids is 1. The van der Waals surface area contributed by atoms with Gasteiger partial charge in [0, 0.05) is 37.9 Å². The third-order valence-corrected chi connectivity index (χ3v) is 8.88. The predicted molar refractivity (Wildman–Crippen MR) is 134 cm³/mol. The molecule has 1 fully saturated rings. The van der Waals surface area contributed by atoms with E-state index in [1.54, 1.807) is 11.1 Å². The van der Waals surface area contributed by atoms with Crippen LogP contribution in [0, 0.1) is 0 Å². The lowest BCUT2D eigenvalue weighted by atomic mass is 9.68. The van der Waals surface area contributed by atoms with Gasteiger partial charge in [0.15, 0.2) is 0 Å². The summed E-state index contributed by atoms with van der Waals surface area (Å²) in [6.45, 7) is 5.89. The van der Waals surface area contributed by atoms with Crippen molar-refractivity contribution in [2.75, 3.05) is 38.0 Å². The molecule has 4 heteroatoms. The van der Waals surface area contributed by atoms with Crippen LogP contribution in [0.5, 0.6) is 0 Å². The molecule has 0 saturated carbocycles. The number of fused-ring (bicyclic) bond motifs is 1. The van der Waals surface area contributed by atoms with E-state index in [-0.39, 0.29) is 11.3 Å². The lowest BCUT2D eigenvalue weighted by molar-refractivity contribution is -0.121. The normalized spacial score (nSPS) is 27.2. The maximum atomic E-state index is 13.0. The standard InChI is InChI=1S/C29H37N3O/c33-28-29(16-7-11-23-10-5-13-25(30-28)27(23)29)15-3-4-17-31-18-20-32(21-19-31)26-14-6-9-22-8-1-2-12-24(22)26/h1-2,5,8,10,12-13,26H,3-4,6-7,9,11,14-21H2,(H,30,33)/t26-,29-/m1/s1. The molecule has 1 N–H and O–H groups in total. The molecule has 0 spiro atoms. The lowest BCUT2D eigenvalue weighted by Crippen LogP contribution is -2.48. The molecular weight excluding hydrogens is 406 g/mol. The zero-order chi connectivity index (χ0) is 22.3. The molecular formula is C29H37N3O. The van der Waals surface area contributed by atoms with E-state index >= 15 is 0 Å². The first-order chi connectivity index (χ1) is 16.2. The van der Waals surface area contributed by atoms with E-state index in [0.29, 0.717) is 6.04 Å². The molecule has 2 aliphatic carbocycles. The first-order valence-electron chi connectivity index (χ1n) is 13.2. The molecule has 2 heterocycles. The fourth-order valence-electron chi connectivity index (χ4n) is 7.18. The molecule has 0 unspecified atom stereocenters. The van der Waals surface area contributed by atoms with Gasteiger partial charge in [0.25, 0.3) is 0 Å². The first-order valence-corrected chi connectivity index (χ1v) is 13.2. The SMILES string of the molecule is O=C1Nc2cccc3c2[C@@]1(CCCCN1CCN([C@@H]2CCCc4ccccc42)CC1)CCC3. The number of benzene rings is 2. The molecule has 0 bridgehead atoms. The minimum absolute atomic E-state index is 0.253. The average Bonchev–Trinajstić information content (AvgIpc) is 3.15. The lowest BCUT2D eigenvalue weighted by Gasteiger charge is -2.41. The number of carbonyl (C=O) groups is 1. The fraction of sp³-hybridized carbons (Fsp3) is 0.552. The summed E-state index contributed by atoms with van der Waals surface area (Å²) < 4.78 is 0. The minimum atomic E-state index is -0.253. The van der Waals surface area contributed by atoms with Crippen molar-refractivity contribution >= 4 is 11.6 Å². The van der Waals surface area contributed by atoms with Gasteiger partial charge in [0.2, 0.25) is 5.91 Å². The van der Waals surface area contributed by atoms with Gasteiger partial charge in [0.1, 0.15) is 0 Å². The number of anilines is 1. The molecule has 4 nitrogen and oxygen atoms in total. The Kier molecular flexibility index (Phi) is 5.75. The van der Waals surface area contributed by atoms with Crippen molar-refractivity contribution in [2.24, 2.45) is 0 Å². The number of aryl methyl sites for hydroxylation is 2. The molecule has 1 amide bonds. The number of unbranched alkanes of at least 4 members (excludes halogenated alkanes) is 1. The van der Waals surface area contributed by atoms with Gasteiger partial charge < -0.3 is 10.2 Å². The topological polar surface area (TPSA) is 35.6 Å². The van der Waals surface area contributed by atoms with Gasteiger partial charge >= 0.3 is 0 Å². The summed E-state index contributed by atoms with van der Waals surface area (Å²) in [5.41, 5.74) is 6.71. The molecule has 174 valence electrons. The Morgan fingerprint density at radius 3 is 2.64 bits per heavy atom. The van der Waals surface area contributed by atoms with Gasteiger partial charge in [-0.25, -0.2) is 0 Å². The smallest absolute Gasteiger partial charge is 0.235 e. The van der Waals surface area contributed by atoms with Crippen molar-refractivity contribution in [1.29, 1.82) is 0 Å². The molecule has 2 aliphatic heterocycles. The highest BCUT2D eigenvalue weighted by Crippen LogP contribution is 2.49. The third-order valence-electron chi connectivity index (χ3n) is 8.88. The second-order valence-electron chi connectivity index (χ2n) is 10.7. The summed E-state index contributed by atoms with van der Waals surface area (Å²) in [5, 5.41) is 3.20. The highest BCUT2D eigenvalue weighted by molar-refractivity contribution is 6.07. The number of hydrogen-bond acceptors (Lipinski definition) is 3. The van der Waals surface area contributed by atoms with Crippen LogP contribution in [0.25, 0.3) is 0 Å². The number of rotatable bonds is 6. The summed E-state index contributed by atoms with van der Waals surface area (Å²) in [4.78, 5) is 18.4. The zero-order valence-corrected chi connectivity index (χ0v) is 19.8. The maximum absolute atomic E-state index is 13.0. The van der Waals surface area contributed by atoms with Gasteiger partial charge in [-0.05, 0) is 86.2 Å². The Balaban J connectivity index is 1.01. The van der Waals surface area contributed by atoms with Crippen LogP contribution in [0.15, 0.2) is 42.5 Å². The van der Waals surface area contributed by atoms with Crippen LogP contribution < -0.4 is 5.32 Å². The van der Waals surface area contributed by atoms with Crippen LogP contribution in [0.2, 0.25) is 0 Å². The van der Waals surface area contributed by atoms with E-state index in [9.17, 15) is 4.79 Å². The fourth-order valence-corrected chi connectivity index (χ4v) is 7.18. The molecule has 6 rings (SSSR count). The third kappa shape index (κ3) is 3.81. The Hall–Kier alpha value is -2.17. The quantitative estimate of drug-likeness (QED) is 0.633. The van der Waals surface area contributed by atoms with E-state index < -0.39 is 0 Å². The molecule has 1 saturated heterocycles. The highest BCUT2D eigenvalue weighted by atomic mass is 16.2. The summed E-state index contributed by atoms with van der Waals surface area (Å²) in [5.74, 6) is 0.256. The van der Waals surface area contributed by atoms with Crippen molar-refractivity contribution in [3.8, 4) is 0 Å². The number of amides is 1. The van der Waals surface area contributed by atoms with Gasteiger partial charge in [0.05, 0.1) is 5.41 Å². The van der Waals surface area contributed by atoms with Crippen molar-refractivity contribution in [1.82, 2.24) is 9.80 Å². The number of nitrogens with zero attached hydrogens (tertiary/aromatic N) is 2. The van der Waals surface area contributed by atoms with E-state index in [4.69, 9.17) is 0 Å². The zero-order valence-electron chi connectivity index (χ0n) is 19.8. The molecule has 0 radical (unpaired) electrons. The summed E-state index contributed by atoms with van der Waals surface area (Å²) >= 11 is 0. The average molecular weight is 444 g/mol. The largest absolute Gasteiger partial charge is 0.325 e. The highest BCUT2D eigenvalue weighted by Gasteiger charge is 2.48. The van der Waals surface area contributed by atoms with Crippen LogP contribution >= 0.6 is 0 Å². The molecule has 2 aromatic rings. The Morgan fingerprint density at radius 1 is 0.909 bits per heavy atom. The summed E-state index contributed by atoms with van der Waals surface area (Å²) in [6.07, 6.45) is 10.5. The van der Waals surface area contributed by atoms with Crippen LogP contribution in [0.1, 0.15) is 73.2 Å². The van der Waals surface area contributed by atoms with Crippen LogP contribution in [0.3, 0.4) is 0 Å². The predicted octanol–water partition coefficient (Wildman–Crippen LogP) is 5.08. The van der Waals surface area contributed by atoms with Crippen molar-refractivity contribution in [2.45, 2.75) is 69.2 Å². The Bertz CT molecular complexity index is 1030. The second-order valence-corrected chi connectivity index (χ2v) is 10.7. The maximum Gasteiger partial charge on any atom is 0.235 e. The molecule has 0 aromatic heterocycles. The Morgan fingerprint density at radius 2 is 1.73 bits per heavy atom. The molecule has 2 aromatic carbocycles. The van der Waals surface area contributed by atoms with Gasteiger partial charge in [-0.3, -0.25) is 9.69 Å². The van der Waals surface area contributed by atoms with Gasteiger partial charge in [-0.1, -0.05) is 42.8 Å². The van der Waals surface area contributed by atoms with Crippen LogP contribution in [-0.2, 0) is 23.1 Å². The molecule has 4 aliphatic rings. The van der Waals surface area contributed by atoms with Crippen molar-refractivity contribution < 1.29 is 4.79 Å². The number of hydrogen-bond donors (Lipinski definition) is 1. The molecule has 2 atom stereocenters. The second kappa shape index (κ2) is 8.88. The van der Waals surface area contributed by atoms with E-state index in [1.807, 2.05) is 0 Å². The summed E-state index contributed by atoms with van der Waals surface area (Å²) in [6, 6.07) is 16.1. The minimum Gasteiger partial charge on any atom is -0.325 e. The number of piperazine rings is 1.